The molecule has 2 aliphatic heterocycles. The number of para-hydroxylation sites is 1. The van der Waals surface area contributed by atoms with Crippen molar-refractivity contribution in [2.24, 2.45) is 5.92 Å². The molecule has 0 saturated carbocycles. The highest BCUT2D eigenvalue weighted by atomic mass is 32.2. The monoisotopic (exact) mass is 455 g/mol. The number of carbonyl (C=O) groups excluding carboxylic acids is 1. The number of sulfonamides is 1. The lowest BCUT2D eigenvalue weighted by Gasteiger charge is -2.30. The van der Waals surface area contributed by atoms with Gasteiger partial charge in [-0.2, -0.15) is 0 Å². The number of carbonyl (C=O) groups is 1. The predicted octanol–water partition coefficient (Wildman–Crippen LogP) is 2.60. The summed E-state index contributed by atoms with van der Waals surface area (Å²) in [5.74, 6) is -0.361. The first-order valence-electron chi connectivity index (χ1n) is 10.9. The number of nitrogens with zero attached hydrogens (tertiary/aromatic N) is 3. The molecule has 0 radical (unpaired) electrons. The number of amides is 1. The molecular formula is C23H25N3O5S. The van der Waals surface area contributed by atoms with Gasteiger partial charge >= 0.3 is 5.76 Å². The fraction of sp³-hybridized carbons (Fsp3) is 0.391. The van der Waals surface area contributed by atoms with Gasteiger partial charge in [0, 0.05) is 25.7 Å². The molecule has 32 heavy (non-hydrogen) atoms. The minimum absolute atomic E-state index is 0.0544. The molecule has 2 aromatic carbocycles. The second kappa shape index (κ2) is 7.81. The van der Waals surface area contributed by atoms with Gasteiger partial charge in [0.15, 0.2) is 5.58 Å². The molecule has 1 unspecified atom stereocenters. The molecule has 1 atom stereocenters. The van der Waals surface area contributed by atoms with Crippen LogP contribution in [0.4, 0.5) is 5.69 Å². The number of anilines is 1. The maximum atomic E-state index is 13.3. The quantitative estimate of drug-likeness (QED) is 0.603. The number of fused-ring (bicyclic) bond motifs is 2. The van der Waals surface area contributed by atoms with Crippen molar-refractivity contribution in [3.8, 4) is 0 Å². The molecule has 8 nitrogen and oxygen atoms in total. The van der Waals surface area contributed by atoms with Crippen molar-refractivity contribution in [2.75, 3.05) is 23.9 Å². The normalized spacial score (nSPS) is 18.8. The second-order valence-corrected chi connectivity index (χ2v) is 10.5. The number of piperidine rings is 1. The molecule has 0 N–H and O–H groups in total. The Hall–Kier alpha value is -3.07. The van der Waals surface area contributed by atoms with Crippen molar-refractivity contribution < 1.29 is 17.6 Å². The number of likely N-dealkylation sites (tertiary alicyclic amines) is 1. The molecule has 0 aliphatic carbocycles. The van der Waals surface area contributed by atoms with E-state index in [1.54, 1.807) is 17.0 Å². The number of aromatic nitrogens is 1. The summed E-state index contributed by atoms with van der Waals surface area (Å²) in [6.45, 7) is 3.73. The van der Waals surface area contributed by atoms with Crippen LogP contribution < -0.4 is 10.1 Å². The third kappa shape index (κ3) is 3.50. The molecule has 2 aliphatic rings. The van der Waals surface area contributed by atoms with Gasteiger partial charge in [0.1, 0.15) is 6.54 Å². The van der Waals surface area contributed by atoms with Crippen LogP contribution in [0.15, 0.2) is 56.6 Å². The Kier molecular flexibility index (Phi) is 5.08. The van der Waals surface area contributed by atoms with Crippen LogP contribution in [0.3, 0.4) is 0 Å². The van der Waals surface area contributed by atoms with Crippen LogP contribution in [0.25, 0.3) is 11.1 Å². The van der Waals surface area contributed by atoms with Crippen molar-refractivity contribution >= 4 is 32.7 Å². The second-order valence-electron chi connectivity index (χ2n) is 8.63. The highest BCUT2D eigenvalue weighted by Gasteiger charge is 2.31. The lowest BCUT2D eigenvalue weighted by atomic mass is 10.0. The molecule has 0 spiro atoms. The van der Waals surface area contributed by atoms with Gasteiger partial charge in [0.2, 0.25) is 5.91 Å². The van der Waals surface area contributed by atoms with Crippen molar-refractivity contribution in [1.82, 2.24) is 9.47 Å². The summed E-state index contributed by atoms with van der Waals surface area (Å²) in [6, 6.07) is 11.8. The first kappa shape index (κ1) is 20.8. The Labute approximate surface area is 186 Å². The smallest absolute Gasteiger partial charge is 0.408 e. The first-order valence-corrected chi connectivity index (χ1v) is 12.3. The van der Waals surface area contributed by atoms with Crippen molar-refractivity contribution in [1.29, 1.82) is 0 Å². The van der Waals surface area contributed by atoms with Gasteiger partial charge in [-0.25, -0.2) is 13.2 Å². The van der Waals surface area contributed by atoms with E-state index >= 15 is 0 Å². The zero-order valence-corrected chi connectivity index (χ0v) is 18.7. The zero-order chi connectivity index (χ0) is 22.5. The molecule has 1 saturated heterocycles. The number of hydrogen-bond donors (Lipinski definition) is 0. The molecular weight excluding hydrogens is 430 g/mol. The van der Waals surface area contributed by atoms with E-state index in [-0.39, 0.29) is 22.9 Å². The molecule has 1 aromatic heterocycles. The molecule has 1 fully saturated rings. The summed E-state index contributed by atoms with van der Waals surface area (Å²) in [5, 5.41) is 0. The Balaban J connectivity index is 1.45. The highest BCUT2D eigenvalue weighted by molar-refractivity contribution is 7.92. The van der Waals surface area contributed by atoms with Gasteiger partial charge in [-0.15, -0.1) is 0 Å². The van der Waals surface area contributed by atoms with Crippen molar-refractivity contribution in [3.05, 3.63) is 58.6 Å². The summed E-state index contributed by atoms with van der Waals surface area (Å²) in [4.78, 5) is 27.0. The van der Waals surface area contributed by atoms with Crippen LogP contribution in [0.2, 0.25) is 0 Å². The number of rotatable bonds is 4. The third-order valence-corrected chi connectivity index (χ3v) is 8.18. The van der Waals surface area contributed by atoms with Crippen LogP contribution in [0, 0.1) is 5.92 Å². The average molecular weight is 456 g/mol. The number of benzene rings is 2. The van der Waals surface area contributed by atoms with Crippen LogP contribution in [0.1, 0.15) is 25.3 Å². The van der Waals surface area contributed by atoms with Gasteiger partial charge in [0.25, 0.3) is 10.0 Å². The molecule has 3 heterocycles. The van der Waals surface area contributed by atoms with Crippen LogP contribution in [-0.2, 0) is 27.8 Å². The van der Waals surface area contributed by atoms with Gasteiger partial charge in [-0.1, -0.05) is 25.1 Å². The Morgan fingerprint density at radius 2 is 1.97 bits per heavy atom. The van der Waals surface area contributed by atoms with Gasteiger partial charge < -0.3 is 9.32 Å². The molecule has 0 bridgehead atoms. The lowest BCUT2D eigenvalue weighted by molar-refractivity contribution is -0.133. The van der Waals surface area contributed by atoms with E-state index in [2.05, 4.69) is 6.92 Å². The maximum absolute atomic E-state index is 13.3. The lowest BCUT2D eigenvalue weighted by Crippen LogP contribution is -2.41. The summed E-state index contributed by atoms with van der Waals surface area (Å²) in [6.07, 6.45) is 2.70. The highest BCUT2D eigenvalue weighted by Crippen LogP contribution is 2.33. The molecule has 3 aromatic rings. The van der Waals surface area contributed by atoms with E-state index in [1.165, 1.54) is 21.0 Å². The van der Waals surface area contributed by atoms with E-state index in [0.717, 1.165) is 18.4 Å². The Morgan fingerprint density at radius 1 is 1.16 bits per heavy atom. The van der Waals surface area contributed by atoms with Crippen LogP contribution in [0.5, 0.6) is 0 Å². The summed E-state index contributed by atoms with van der Waals surface area (Å²) in [5.41, 5.74) is 2.23. The van der Waals surface area contributed by atoms with Crippen molar-refractivity contribution in [3.63, 3.8) is 0 Å². The Morgan fingerprint density at radius 3 is 2.78 bits per heavy atom. The summed E-state index contributed by atoms with van der Waals surface area (Å²) < 4.78 is 34.6. The average Bonchev–Trinajstić information content (AvgIpc) is 3.35. The van der Waals surface area contributed by atoms with Crippen molar-refractivity contribution in [2.45, 2.75) is 37.6 Å². The maximum Gasteiger partial charge on any atom is 0.420 e. The topological polar surface area (TPSA) is 92.8 Å². The zero-order valence-electron chi connectivity index (χ0n) is 17.9. The predicted molar refractivity (Wildman–Crippen MR) is 120 cm³/mol. The SMILES string of the molecule is CC1CCCN(C(=O)Cn2c(=O)oc3cc(S(=O)(=O)N4CCc5ccccc54)ccc32)C1. The van der Waals surface area contributed by atoms with Gasteiger partial charge in [-0.05, 0) is 48.9 Å². The van der Waals surface area contributed by atoms with E-state index in [4.69, 9.17) is 4.42 Å². The third-order valence-electron chi connectivity index (χ3n) is 6.38. The standard InChI is InChI=1S/C23H25N3O5S/c1-16-5-4-11-24(14-16)22(27)15-25-20-9-8-18(13-21(20)31-23(25)28)32(29,30)26-12-10-17-6-2-3-7-19(17)26/h2-3,6-9,13,16H,4-5,10-12,14-15H2,1H3. The van der Waals surface area contributed by atoms with E-state index < -0.39 is 15.8 Å². The fourth-order valence-corrected chi connectivity index (χ4v) is 6.21. The largest absolute Gasteiger partial charge is 0.420 e. The number of hydrogen-bond acceptors (Lipinski definition) is 5. The van der Waals surface area contributed by atoms with E-state index in [9.17, 15) is 18.0 Å². The Bertz CT molecular complexity index is 1360. The number of oxazole rings is 1. The first-order chi connectivity index (χ1) is 15.3. The van der Waals surface area contributed by atoms with Gasteiger partial charge in [-0.3, -0.25) is 13.7 Å². The summed E-state index contributed by atoms with van der Waals surface area (Å²) >= 11 is 0. The minimum Gasteiger partial charge on any atom is -0.408 e. The molecule has 5 rings (SSSR count). The fourth-order valence-electron chi connectivity index (χ4n) is 4.69. The molecule has 1 amide bonds. The van der Waals surface area contributed by atoms with E-state index in [1.807, 2.05) is 18.2 Å². The van der Waals surface area contributed by atoms with Crippen LogP contribution >= 0.6 is 0 Å². The van der Waals surface area contributed by atoms with Gasteiger partial charge in [0.05, 0.1) is 16.1 Å². The summed E-state index contributed by atoms with van der Waals surface area (Å²) in [7, 11) is -3.81. The van der Waals surface area contributed by atoms with Crippen LogP contribution in [-0.4, -0.2) is 43.4 Å². The molecule has 168 valence electrons. The molecule has 9 heteroatoms. The minimum atomic E-state index is -3.81. The van der Waals surface area contributed by atoms with E-state index in [0.29, 0.717) is 43.2 Å².